The Morgan fingerprint density at radius 3 is 2.30 bits per heavy atom. The van der Waals surface area contributed by atoms with Crippen LogP contribution in [0.25, 0.3) is 0 Å². The summed E-state index contributed by atoms with van der Waals surface area (Å²) in [5.41, 5.74) is -0.609. The molecule has 2 amide bonds. The maximum atomic E-state index is 13.4. The lowest BCUT2D eigenvalue weighted by Crippen LogP contribution is -2.52. The lowest BCUT2D eigenvalue weighted by Gasteiger charge is -2.27. The highest BCUT2D eigenvalue weighted by molar-refractivity contribution is 5.93. The number of carbonyl (C=O) groups excluding carboxylic acids is 3. The predicted octanol–water partition coefficient (Wildman–Crippen LogP) is 1.07. The van der Waals surface area contributed by atoms with Crippen LogP contribution in [0.1, 0.15) is 41.0 Å². The molecule has 1 fully saturated rings. The second kappa shape index (κ2) is 5.89. The normalized spacial score (nSPS) is 24.4. The highest BCUT2D eigenvalue weighted by Crippen LogP contribution is 2.22. The Hall–Kier alpha value is -1.46. The van der Waals surface area contributed by atoms with Gasteiger partial charge in [-0.1, -0.05) is 20.8 Å². The number of Topliss-reactive ketones (excluding diaryl/α,β-unsaturated/α-hetero) is 1. The molecule has 1 N–H and O–H groups in total. The number of hydrogen-bond donors (Lipinski definition) is 1. The summed E-state index contributed by atoms with van der Waals surface area (Å²) in [4.78, 5) is 36.8. The quantitative estimate of drug-likeness (QED) is 0.844. The number of ketones is 1. The Kier molecular flexibility index (Phi) is 4.89. The monoisotopic (exact) mass is 286 g/mol. The Balaban J connectivity index is 2.74. The van der Waals surface area contributed by atoms with Crippen molar-refractivity contribution in [3.05, 3.63) is 0 Å². The highest BCUT2D eigenvalue weighted by atomic mass is 19.1. The zero-order chi connectivity index (χ0) is 15.7. The number of likely N-dealkylation sites (tertiary alicyclic amines) is 1. The third-order valence-corrected chi connectivity index (χ3v) is 3.40. The fourth-order valence-corrected chi connectivity index (χ4v) is 2.14. The Labute approximate surface area is 118 Å². The molecular formula is C14H23FN2O3. The molecule has 6 heteroatoms. The molecule has 114 valence electrons. The molecule has 0 aromatic carbocycles. The predicted molar refractivity (Wildman–Crippen MR) is 72.8 cm³/mol. The van der Waals surface area contributed by atoms with Crippen LogP contribution in [0.15, 0.2) is 0 Å². The summed E-state index contributed by atoms with van der Waals surface area (Å²) in [5, 5.41) is 2.61. The molecule has 0 saturated carbocycles. The van der Waals surface area contributed by atoms with Crippen LogP contribution >= 0.6 is 0 Å². The summed E-state index contributed by atoms with van der Waals surface area (Å²) in [6.07, 6.45) is -1.14. The van der Waals surface area contributed by atoms with Gasteiger partial charge in [0.1, 0.15) is 12.2 Å². The minimum atomic E-state index is -1.18. The zero-order valence-corrected chi connectivity index (χ0v) is 12.7. The maximum Gasteiger partial charge on any atom is 0.245 e. The van der Waals surface area contributed by atoms with E-state index in [1.54, 1.807) is 27.7 Å². The van der Waals surface area contributed by atoms with E-state index in [4.69, 9.17) is 0 Å². The molecule has 1 aliphatic rings. The maximum absolute atomic E-state index is 13.4. The topological polar surface area (TPSA) is 66.5 Å². The van der Waals surface area contributed by atoms with Gasteiger partial charge in [0.2, 0.25) is 11.8 Å². The Bertz CT molecular complexity index is 417. The van der Waals surface area contributed by atoms with Crippen LogP contribution in [-0.2, 0) is 14.4 Å². The molecule has 0 aromatic heterocycles. The van der Waals surface area contributed by atoms with Crippen molar-refractivity contribution in [2.24, 2.45) is 5.41 Å². The van der Waals surface area contributed by atoms with Gasteiger partial charge in [-0.25, -0.2) is 4.39 Å². The second-order valence-electron chi connectivity index (χ2n) is 6.40. The number of carbonyl (C=O) groups is 3. The summed E-state index contributed by atoms with van der Waals surface area (Å²) < 4.78 is 13.4. The van der Waals surface area contributed by atoms with E-state index in [0.29, 0.717) is 0 Å². The summed E-state index contributed by atoms with van der Waals surface area (Å²) in [5.74, 6) is -0.899. The van der Waals surface area contributed by atoms with Gasteiger partial charge in [0.25, 0.3) is 0 Å². The van der Waals surface area contributed by atoms with Gasteiger partial charge in [-0.2, -0.15) is 0 Å². The molecule has 0 radical (unpaired) electrons. The van der Waals surface area contributed by atoms with E-state index in [1.807, 2.05) is 0 Å². The van der Waals surface area contributed by atoms with E-state index in [1.165, 1.54) is 11.8 Å². The van der Waals surface area contributed by atoms with Crippen molar-refractivity contribution in [1.82, 2.24) is 10.2 Å². The van der Waals surface area contributed by atoms with Crippen molar-refractivity contribution in [1.29, 1.82) is 0 Å². The molecule has 0 aliphatic carbocycles. The van der Waals surface area contributed by atoms with E-state index in [9.17, 15) is 18.8 Å². The first-order chi connectivity index (χ1) is 9.04. The Morgan fingerprint density at radius 1 is 1.30 bits per heavy atom. The van der Waals surface area contributed by atoms with E-state index >= 15 is 0 Å². The van der Waals surface area contributed by atoms with Crippen LogP contribution in [0, 0.1) is 5.41 Å². The van der Waals surface area contributed by atoms with Gasteiger partial charge in [0.05, 0.1) is 12.6 Å². The molecule has 0 unspecified atom stereocenters. The third kappa shape index (κ3) is 3.77. The molecule has 1 rings (SSSR count). The first-order valence-corrected chi connectivity index (χ1v) is 6.80. The molecule has 1 saturated heterocycles. The molecule has 5 nitrogen and oxygen atoms in total. The fraction of sp³-hybridized carbons (Fsp3) is 0.786. The van der Waals surface area contributed by atoms with E-state index in [0.717, 1.165) is 0 Å². The molecule has 3 atom stereocenters. The van der Waals surface area contributed by atoms with Crippen LogP contribution in [0.4, 0.5) is 4.39 Å². The number of amides is 2. The van der Waals surface area contributed by atoms with E-state index in [-0.39, 0.29) is 24.7 Å². The second-order valence-corrected chi connectivity index (χ2v) is 6.40. The van der Waals surface area contributed by atoms with Crippen molar-refractivity contribution in [3.8, 4) is 0 Å². The van der Waals surface area contributed by atoms with Gasteiger partial charge < -0.3 is 10.2 Å². The van der Waals surface area contributed by atoms with Crippen molar-refractivity contribution < 1.29 is 18.8 Å². The van der Waals surface area contributed by atoms with Gasteiger partial charge >= 0.3 is 0 Å². The molecule has 20 heavy (non-hydrogen) atoms. The standard InChI is InChI=1S/C14H23FN2O3/c1-8(16-13(20)14(3,4)5)12(19)17-7-10(15)6-11(17)9(2)18/h8,10-11H,6-7H2,1-5H3,(H,16,20)/t8-,10-,11-/m0/s1. The first-order valence-electron chi connectivity index (χ1n) is 6.80. The molecule has 0 bridgehead atoms. The summed E-state index contributed by atoms with van der Waals surface area (Å²) in [6.45, 7) is 8.04. The van der Waals surface area contributed by atoms with Crippen molar-refractivity contribution in [3.63, 3.8) is 0 Å². The van der Waals surface area contributed by atoms with Gasteiger partial charge in [-0.15, -0.1) is 0 Å². The van der Waals surface area contributed by atoms with Crippen LogP contribution in [0.5, 0.6) is 0 Å². The Morgan fingerprint density at radius 2 is 1.85 bits per heavy atom. The van der Waals surface area contributed by atoms with E-state index < -0.39 is 29.6 Å². The van der Waals surface area contributed by atoms with Gasteiger partial charge in [-0.3, -0.25) is 14.4 Å². The summed E-state index contributed by atoms with van der Waals surface area (Å²) in [7, 11) is 0. The lowest BCUT2D eigenvalue weighted by atomic mass is 9.95. The molecule has 1 aliphatic heterocycles. The largest absolute Gasteiger partial charge is 0.344 e. The fourth-order valence-electron chi connectivity index (χ4n) is 2.14. The van der Waals surface area contributed by atoms with Crippen molar-refractivity contribution in [2.75, 3.05) is 6.54 Å². The first kappa shape index (κ1) is 16.6. The average molecular weight is 286 g/mol. The molecule has 0 aromatic rings. The number of rotatable bonds is 3. The highest BCUT2D eigenvalue weighted by Gasteiger charge is 2.40. The van der Waals surface area contributed by atoms with Crippen LogP contribution in [0.2, 0.25) is 0 Å². The summed E-state index contributed by atoms with van der Waals surface area (Å²) >= 11 is 0. The van der Waals surface area contributed by atoms with Crippen LogP contribution in [-0.4, -0.2) is 47.3 Å². The molecular weight excluding hydrogens is 263 g/mol. The summed E-state index contributed by atoms with van der Waals surface area (Å²) in [6, 6.07) is -1.49. The van der Waals surface area contributed by atoms with Gasteiger partial charge in [0, 0.05) is 11.8 Å². The third-order valence-electron chi connectivity index (χ3n) is 3.40. The smallest absolute Gasteiger partial charge is 0.245 e. The molecule has 0 spiro atoms. The van der Waals surface area contributed by atoms with Gasteiger partial charge in [-0.05, 0) is 13.8 Å². The van der Waals surface area contributed by atoms with Crippen molar-refractivity contribution in [2.45, 2.75) is 59.3 Å². The number of nitrogens with one attached hydrogen (secondary N) is 1. The minimum absolute atomic E-state index is 0.0427. The van der Waals surface area contributed by atoms with Crippen molar-refractivity contribution >= 4 is 17.6 Å². The van der Waals surface area contributed by atoms with Crippen LogP contribution in [0.3, 0.4) is 0 Å². The van der Waals surface area contributed by atoms with Gasteiger partial charge in [0.15, 0.2) is 5.78 Å². The minimum Gasteiger partial charge on any atom is -0.344 e. The molecule has 1 heterocycles. The van der Waals surface area contributed by atoms with Crippen LogP contribution < -0.4 is 5.32 Å². The number of alkyl halides is 1. The zero-order valence-electron chi connectivity index (χ0n) is 12.7. The van der Waals surface area contributed by atoms with E-state index in [2.05, 4.69) is 5.32 Å². The lowest BCUT2D eigenvalue weighted by molar-refractivity contribution is -0.141. The SMILES string of the molecule is CC(=O)[C@@H]1C[C@H](F)CN1C(=O)[C@H](C)NC(=O)C(C)(C)C. The number of hydrogen-bond acceptors (Lipinski definition) is 3. The number of nitrogens with zero attached hydrogens (tertiary/aromatic N) is 1. The average Bonchev–Trinajstić information content (AvgIpc) is 2.69. The number of halogens is 1.